The van der Waals surface area contributed by atoms with Crippen molar-refractivity contribution in [2.24, 2.45) is 0 Å². The predicted molar refractivity (Wildman–Crippen MR) is 97.6 cm³/mol. The van der Waals surface area contributed by atoms with Gasteiger partial charge in [0.1, 0.15) is 0 Å². The van der Waals surface area contributed by atoms with Crippen molar-refractivity contribution in [1.29, 1.82) is 0 Å². The zero-order valence-electron chi connectivity index (χ0n) is 15.0. The molecule has 1 amide bonds. The summed E-state index contributed by atoms with van der Waals surface area (Å²) < 4.78 is 31.2. The van der Waals surface area contributed by atoms with E-state index in [1.807, 2.05) is 32.0 Å². The lowest BCUT2D eigenvalue weighted by Gasteiger charge is -2.22. The fourth-order valence-electron chi connectivity index (χ4n) is 2.52. The molecule has 0 aliphatic heterocycles. The summed E-state index contributed by atoms with van der Waals surface area (Å²) in [7, 11) is 0.582. The van der Waals surface area contributed by atoms with E-state index >= 15 is 0 Å². The third kappa shape index (κ3) is 3.89. The highest BCUT2D eigenvalue weighted by atomic mass is 32.3. The molecule has 25 heavy (non-hydrogen) atoms. The Kier molecular flexibility index (Phi) is 5.62. The van der Waals surface area contributed by atoms with Crippen molar-refractivity contribution < 1.29 is 18.3 Å². The smallest absolute Gasteiger partial charge is 0.256 e. The van der Waals surface area contributed by atoms with Crippen molar-refractivity contribution in [3.05, 3.63) is 53.1 Å². The molecule has 0 fully saturated rings. The van der Waals surface area contributed by atoms with E-state index in [1.54, 1.807) is 6.07 Å². The minimum atomic E-state index is -3.70. The topological polar surface area (TPSA) is 81.7 Å². The third-order valence-electron chi connectivity index (χ3n) is 3.89. The SMILES string of the molecule is COc1ccc(NC(=O)c2c(C)cccc2C)cc1[S+](=O)([O-])N(C)C. The van der Waals surface area contributed by atoms with E-state index in [2.05, 4.69) is 5.32 Å². The molecule has 0 spiro atoms. The van der Waals surface area contributed by atoms with Gasteiger partial charge in [0, 0.05) is 31.4 Å². The van der Waals surface area contributed by atoms with Crippen molar-refractivity contribution in [1.82, 2.24) is 4.31 Å². The maximum Gasteiger partial charge on any atom is 0.256 e. The number of hydrogen-bond acceptors (Lipinski definition) is 4. The average Bonchev–Trinajstić information content (AvgIpc) is 2.54. The molecule has 1 unspecified atom stereocenters. The third-order valence-corrected chi connectivity index (χ3v) is 5.72. The molecule has 0 aliphatic rings. The lowest BCUT2D eigenvalue weighted by molar-refractivity contribution is 0.102. The summed E-state index contributed by atoms with van der Waals surface area (Å²) >= 11 is 0. The molecule has 0 heterocycles. The second-order valence-corrected chi connectivity index (χ2v) is 7.99. The molecule has 0 saturated heterocycles. The van der Waals surface area contributed by atoms with Crippen LogP contribution in [0.1, 0.15) is 21.5 Å². The zero-order chi connectivity index (χ0) is 18.8. The maximum absolute atomic E-state index is 12.6. The normalized spacial score (nSPS) is 13.4. The predicted octanol–water partition coefficient (Wildman–Crippen LogP) is 3.03. The van der Waals surface area contributed by atoms with Crippen LogP contribution in [0.3, 0.4) is 0 Å². The fraction of sp³-hybridized carbons (Fsp3) is 0.278. The average molecular weight is 362 g/mol. The number of carbonyl (C=O) groups is 1. The van der Waals surface area contributed by atoms with Crippen LogP contribution in [-0.2, 0) is 14.6 Å². The van der Waals surface area contributed by atoms with Gasteiger partial charge in [0.05, 0.1) is 7.11 Å². The number of aryl methyl sites for hydroxylation is 2. The molecular weight excluding hydrogens is 340 g/mol. The number of methoxy groups -OCH3 is 1. The Bertz CT molecular complexity index is 829. The number of ether oxygens (including phenoxy) is 1. The van der Waals surface area contributed by atoms with Crippen molar-refractivity contribution in [3.8, 4) is 5.75 Å². The minimum Gasteiger partial charge on any atom is -0.593 e. The van der Waals surface area contributed by atoms with E-state index in [-0.39, 0.29) is 16.6 Å². The molecule has 2 rings (SSSR count). The Balaban J connectivity index is 2.42. The Hall–Kier alpha value is -2.22. The first-order valence-electron chi connectivity index (χ1n) is 7.66. The van der Waals surface area contributed by atoms with E-state index in [1.165, 1.54) is 33.3 Å². The molecule has 0 saturated carbocycles. The molecule has 1 N–H and O–H groups in total. The highest BCUT2D eigenvalue weighted by Gasteiger charge is 2.29. The molecule has 134 valence electrons. The van der Waals surface area contributed by atoms with E-state index in [4.69, 9.17) is 4.74 Å². The van der Waals surface area contributed by atoms with Gasteiger partial charge in [0.15, 0.2) is 16.1 Å². The van der Waals surface area contributed by atoms with Crippen molar-refractivity contribution in [2.45, 2.75) is 18.7 Å². The second-order valence-electron chi connectivity index (χ2n) is 5.87. The lowest BCUT2D eigenvalue weighted by Crippen LogP contribution is -2.29. The van der Waals surface area contributed by atoms with Crippen LogP contribution in [0.5, 0.6) is 5.75 Å². The van der Waals surface area contributed by atoms with Crippen LogP contribution in [0.25, 0.3) is 0 Å². The first-order valence-corrected chi connectivity index (χ1v) is 9.10. The summed E-state index contributed by atoms with van der Waals surface area (Å²) in [6.45, 7) is 3.72. The largest absolute Gasteiger partial charge is 0.593 e. The quantitative estimate of drug-likeness (QED) is 0.829. The van der Waals surface area contributed by atoms with E-state index in [9.17, 15) is 13.6 Å². The summed E-state index contributed by atoms with van der Waals surface area (Å²) in [4.78, 5) is 12.6. The molecule has 0 aromatic heterocycles. The number of nitrogens with one attached hydrogen (secondary N) is 1. The molecule has 6 nitrogen and oxygen atoms in total. The number of nitrogens with zero attached hydrogens (tertiary/aromatic N) is 1. The van der Waals surface area contributed by atoms with Crippen molar-refractivity contribution >= 4 is 22.0 Å². The number of anilines is 1. The first-order chi connectivity index (χ1) is 11.7. The number of amides is 1. The fourth-order valence-corrected chi connectivity index (χ4v) is 3.59. The standard InChI is InChI=1S/C18H22N2O4S/c1-12-7-6-8-13(2)17(12)18(21)19-14-9-10-15(24-5)16(11-14)25(22,23)20(3)4/h6-11H,1-5H3,(H-,19,21,22,23). The van der Waals surface area contributed by atoms with Gasteiger partial charge in [-0.15, -0.1) is 4.31 Å². The van der Waals surface area contributed by atoms with Gasteiger partial charge in [0.2, 0.25) is 4.90 Å². The second kappa shape index (κ2) is 7.35. The number of benzene rings is 2. The van der Waals surface area contributed by atoms with Crippen LogP contribution in [0.15, 0.2) is 41.3 Å². The molecule has 0 bridgehead atoms. The Morgan fingerprint density at radius 1 is 1.16 bits per heavy atom. The van der Waals surface area contributed by atoms with Crippen LogP contribution < -0.4 is 10.1 Å². The molecular formula is C18H22N2O4S. The molecule has 2 aromatic carbocycles. The van der Waals surface area contributed by atoms with Crippen molar-refractivity contribution in [3.63, 3.8) is 0 Å². The Labute approximate surface area is 149 Å². The van der Waals surface area contributed by atoms with Gasteiger partial charge < -0.3 is 14.6 Å². The van der Waals surface area contributed by atoms with Gasteiger partial charge in [0.25, 0.3) is 5.91 Å². The monoisotopic (exact) mass is 362 g/mol. The Morgan fingerprint density at radius 3 is 2.28 bits per heavy atom. The molecule has 1 atom stereocenters. The van der Waals surface area contributed by atoms with Gasteiger partial charge in [-0.25, -0.2) is 0 Å². The number of hydrogen-bond donors (Lipinski definition) is 1. The van der Waals surface area contributed by atoms with E-state index in [0.29, 0.717) is 11.3 Å². The number of sulfonamides is 1. The summed E-state index contributed by atoms with van der Waals surface area (Å²) in [5.74, 6) is -0.0623. The molecule has 7 heteroatoms. The zero-order valence-corrected chi connectivity index (χ0v) is 15.8. The maximum atomic E-state index is 12.6. The Morgan fingerprint density at radius 2 is 1.76 bits per heavy atom. The lowest BCUT2D eigenvalue weighted by atomic mass is 10.0. The van der Waals surface area contributed by atoms with Crippen LogP contribution in [-0.4, -0.2) is 36.0 Å². The summed E-state index contributed by atoms with van der Waals surface area (Å²) in [5.41, 5.74) is 2.67. The number of carbonyl (C=O) groups excluding carboxylic acids is 1. The summed E-state index contributed by atoms with van der Waals surface area (Å²) in [6, 6.07) is 10.1. The van der Waals surface area contributed by atoms with Gasteiger partial charge >= 0.3 is 0 Å². The molecule has 0 aliphatic carbocycles. The van der Waals surface area contributed by atoms with Gasteiger partial charge in [-0.3, -0.25) is 4.79 Å². The number of rotatable bonds is 5. The van der Waals surface area contributed by atoms with Gasteiger partial charge in [-0.1, -0.05) is 22.4 Å². The van der Waals surface area contributed by atoms with Crippen LogP contribution >= 0.6 is 0 Å². The molecule has 2 aromatic rings. The minimum absolute atomic E-state index is 0.000643. The highest BCUT2D eigenvalue weighted by molar-refractivity contribution is 7.95. The first kappa shape index (κ1) is 19.1. The summed E-state index contributed by atoms with van der Waals surface area (Å²) in [6.07, 6.45) is 0. The van der Waals surface area contributed by atoms with E-state index in [0.717, 1.165) is 15.4 Å². The summed E-state index contributed by atoms with van der Waals surface area (Å²) in [5, 5.41) is 2.77. The van der Waals surface area contributed by atoms with Crippen molar-refractivity contribution in [2.75, 3.05) is 26.5 Å². The van der Waals surface area contributed by atoms with Gasteiger partial charge in [-0.2, -0.15) is 0 Å². The van der Waals surface area contributed by atoms with E-state index < -0.39 is 10.4 Å². The van der Waals surface area contributed by atoms with Crippen LogP contribution in [0.2, 0.25) is 0 Å². The van der Waals surface area contributed by atoms with Gasteiger partial charge in [-0.05, 0) is 37.1 Å². The molecule has 0 radical (unpaired) electrons. The highest BCUT2D eigenvalue weighted by Crippen LogP contribution is 2.32. The van der Waals surface area contributed by atoms with Crippen LogP contribution in [0.4, 0.5) is 5.69 Å². The van der Waals surface area contributed by atoms with Crippen LogP contribution in [0, 0.1) is 13.8 Å².